The summed E-state index contributed by atoms with van der Waals surface area (Å²) in [7, 11) is 1.24. The number of aromatic nitrogens is 1. The van der Waals surface area contributed by atoms with Crippen LogP contribution in [0.25, 0.3) is 10.9 Å². The molecule has 10 heteroatoms. The summed E-state index contributed by atoms with van der Waals surface area (Å²) in [4.78, 5) is 55.9. The van der Waals surface area contributed by atoms with Crippen molar-refractivity contribution in [2.24, 2.45) is 11.8 Å². The lowest BCUT2D eigenvalue weighted by Gasteiger charge is -2.40. The molecule has 6 unspecified atom stereocenters. The number of aromatic amines is 1. The lowest BCUT2D eigenvalue weighted by Crippen LogP contribution is -2.62. The Kier molecular flexibility index (Phi) is 9.33. The van der Waals surface area contributed by atoms with Crippen molar-refractivity contribution in [2.45, 2.75) is 94.9 Å². The van der Waals surface area contributed by atoms with Crippen LogP contribution in [0, 0.1) is 11.8 Å². The van der Waals surface area contributed by atoms with E-state index in [9.17, 15) is 19.2 Å². The zero-order chi connectivity index (χ0) is 32.3. The Bertz CT molecular complexity index is 1600. The van der Waals surface area contributed by atoms with Crippen molar-refractivity contribution in [1.29, 1.82) is 0 Å². The van der Waals surface area contributed by atoms with E-state index in [0.717, 1.165) is 59.2 Å². The van der Waals surface area contributed by atoms with Crippen LogP contribution in [0.5, 0.6) is 0 Å². The van der Waals surface area contributed by atoms with Crippen LogP contribution in [0.3, 0.4) is 0 Å². The third kappa shape index (κ3) is 6.90. The fourth-order valence-corrected chi connectivity index (χ4v) is 7.80. The first-order valence-corrected chi connectivity index (χ1v) is 16.5. The highest BCUT2D eigenvalue weighted by atomic mass is 16.6. The highest BCUT2D eigenvalue weighted by Crippen LogP contribution is 2.41. The van der Waals surface area contributed by atoms with Crippen LogP contribution >= 0.6 is 0 Å². The number of carbonyl (C=O) groups excluding carboxylic acids is 4. The molecule has 2 bridgehead atoms. The highest BCUT2D eigenvalue weighted by molar-refractivity contribution is 5.95. The van der Waals surface area contributed by atoms with Crippen LogP contribution in [0.2, 0.25) is 0 Å². The Hall–Kier alpha value is -4.34. The topological polar surface area (TPSA) is 139 Å². The summed E-state index contributed by atoms with van der Waals surface area (Å²) in [5.41, 5.74) is 2.40. The van der Waals surface area contributed by atoms with Gasteiger partial charge in [-0.25, -0.2) is 4.79 Å². The number of ether oxygens (including phenoxy) is 2. The maximum Gasteiger partial charge on any atom is 0.408 e. The molecule has 10 nitrogen and oxygen atoms in total. The molecule has 6 atom stereocenters. The smallest absolute Gasteiger partial charge is 0.408 e. The number of hydrogen-bond donors (Lipinski definition) is 4. The molecule has 2 aromatic carbocycles. The van der Waals surface area contributed by atoms with Crippen molar-refractivity contribution >= 4 is 34.8 Å². The fourth-order valence-electron chi connectivity index (χ4n) is 7.80. The van der Waals surface area contributed by atoms with Gasteiger partial charge in [-0.3, -0.25) is 14.4 Å². The van der Waals surface area contributed by atoms with Gasteiger partial charge in [-0.15, -0.1) is 0 Å². The zero-order valence-corrected chi connectivity index (χ0v) is 26.6. The van der Waals surface area contributed by atoms with E-state index in [2.05, 4.69) is 25.7 Å². The molecule has 6 rings (SSSR count). The monoisotopic (exact) mass is 628 g/mol. The molecule has 4 N–H and O–H groups in total. The van der Waals surface area contributed by atoms with Gasteiger partial charge >= 0.3 is 12.1 Å². The molecule has 244 valence electrons. The van der Waals surface area contributed by atoms with Gasteiger partial charge in [0.25, 0.3) is 0 Å². The van der Waals surface area contributed by atoms with Gasteiger partial charge in [0.2, 0.25) is 11.8 Å². The van der Waals surface area contributed by atoms with Crippen LogP contribution in [0.4, 0.5) is 4.79 Å². The number of H-pyrrole nitrogens is 1. The lowest BCUT2D eigenvalue weighted by molar-refractivity contribution is -0.144. The molecule has 3 amide bonds. The van der Waals surface area contributed by atoms with Crippen molar-refractivity contribution in [3.63, 3.8) is 0 Å². The average molecular weight is 629 g/mol. The standard InChI is InChI=1S/C36H44N4O6/c1-36(20-25-21-37-28-13-6-5-11-26(25)28,40-35(44)46-30-17-14-22-8-7-10-24(30)18-22)34(43)38-29-16-15-23-9-3-4-12-27(23)33(29)39-31(41)19-32(42)45-2/h3-6,9,11-13,21-22,24,29-30,33,37H,7-8,10,14-20H2,1-2H3,(H,38,43)(H,39,41)(H,40,44). The molecule has 0 aliphatic heterocycles. The normalized spacial score (nSPS) is 25.0. The van der Waals surface area contributed by atoms with Crippen LogP contribution in [-0.4, -0.2) is 53.7 Å². The second-order valence-electron chi connectivity index (χ2n) is 13.4. The molecular weight excluding hydrogens is 584 g/mol. The second kappa shape index (κ2) is 13.6. The molecule has 1 heterocycles. The average Bonchev–Trinajstić information content (AvgIpc) is 3.45. The predicted molar refractivity (Wildman–Crippen MR) is 173 cm³/mol. The molecule has 3 aliphatic carbocycles. The summed E-state index contributed by atoms with van der Waals surface area (Å²) in [6.45, 7) is 1.73. The SMILES string of the molecule is COC(=O)CC(=O)NC1c2ccccc2CCC1NC(=O)C(C)(Cc1c[nH]c2ccccc12)NC(=O)OC1CCC2CCCC1C2. The van der Waals surface area contributed by atoms with Crippen LogP contribution in [0.1, 0.15) is 81.0 Å². The van der Waals surface area contributed by atoms with Gasteiger partial charge in [0, 0.05) is 23.5 Å². The van der Waals surface area contributed by atoms with Crippen molar-refractivity contribution in [1.82, 2.24) is 20.9 Å². The quantitative estimate of drug-likeness (QED) is 0.194. The summed E-state index contributed by atoms with van der Waals surface area (Å²) in [5, 5.41) is 10.1. The molecule has 2 saturated carbocycles. The number of nitrogens with one attached hydrogen (secondary N) is 4. The third-order valence-electron chi connectivity index (χ3n) is 10.2. The van der Waals surface area contributed by atoms with Gasteiger partial charge in [0.15, 0.2) is 0 Å². The summed E-state index contributed by atoms with van der Waals surface area (Å²) in [6, 6.07) is 14.6. The zero-order valence-electron chi connectivity index (χ0n) is 26.6. The third-order valence-corrected chi connectivity index (χ3v) is 10.2. The molecule has 0 radical (unpaired) electrons. The largest absolute Gasteiger partial charge is 0.469 e. The van der Waals surface area contributed by atoms with Gasteiger partial charge in [-0.1, -0.05) is 55.3 Å². The van der Waals surface area contributed by atoms with Crippen molar-refractivity contribution in [3.8, 4) is 0 Å². The van der Waals surface area contributed by atoms with E-state index in [0.29, 0.717) is 18.8 Å². The van der Waals surface area contributed by atoms with Gasteiger partial charge in [-0.2, -0.15) is 0 Å². The Morgan fingerprint density at radius 3 is 2.61 bits per heavy atom. The molecule has 3 aliphatic rings. The molecule has 2 fully saturated rings. The fraction of sp³-hybridized carbons (Fsp3) is 0.500. The Morgan fingerprint density at radius 1 is 0.957 bits per heavy atom. The molecule has 0 spiro atoms. The number of esters is 1. The van der Waals surface area contributed by atoms with E-state index in [-0.39, 0.29) is 18.4 Å². The first-order valence-electron chi connectivity index (χ1n) is 16.5. The Balaban J connectivity index is 1.24. The Labute approximate surface area is 269 Å². The molecular formula is C36H44N4O6. The first-order chi connectivity index (χ1) is 22.2. The molecule has 46 heavy (non-hydrogen) atoms. The van der Waals surface area contributed by atoms with E-state index in [1.807, 2.05) is 54.7 Å². The maximum absolute atomic E-state index is 14.4. The second-order valence-corrected chi connectivity index (χ2v) is 13.4. The van der Waals surface area contributed by atoms with Crippen molar-refractivity contribution < 1.29 is 28.7 Å². The number of hydrogen-bond acceptors (Lipinski definition) is 6. The maximum atomic E-state index is 14.4. The summed E-state index contributed by atoms with van der Waals surface area (Å²) < 4.78 is 10.7. The number of benzene rings is 2. The highest BCUT2D eigenvalue weighted by Gasteiger charge is 2.42. The first kappa shape index (κ1) is 31.6. The number of carbonyl (C=O) groups is 4. The molecule has 3 aromatic rings. The number of rotatable bonds is 9. The van der Waals surface area contributed by atoms with E-state index in [1.54, 1.807) is 6.92 Å². The lowest BCUT2D eigenvalue weighted by atomic mass is 9.71. The van der Waals surface area contributed by atoms with Crippen LogP contribution < -0.4 is 16.0 Å². The van der Waals surface area contributed by atoms with E-state index < -0.39 is 42.0 Å². The van der Waals surface area contributed by atoms with Crippen molar-refractivity contribution in [3.05, 3.63) is 71.4 Å². The Morgan fingerprint density at radius 2 is 1.76 bits per heavy atom. The predicted octanol–water partition coefficient (Wildman–Crippen LogP) is 5.02. The summed E-state index contributed by atoms with van der Waals surface area (Å²) in [6.07, 6.45) is 8.67. The number of para-hydroxylation sites is 1. The summed E-state index contributed by atoms with van der Waals surface area (Å²) >= 11 is 0. The van der Waals surface area contributed by atoms with E-state index in [4.69, 9.17) is 4.74 Å². The number of methoxy groups -OCH3 is 1. The van der Waals surface area contributed by atoms with Gasteiger partial charge < -0.3 is 30.4 Å². The van der Waals surface area contributed by atoms with Gasteiger partial charge in [0.1, 0.15) is 18.1 Å². The number of amides is 3. The molecule has 0 saturated heterocycles. The van der Waals surface area contributed by atoms with E-state index >= 15 is 0 Å². The van der Waals surface area contributed by atoms with Crippen LogP contribution in [0.15, 0.2) is 54.7 Å². The summed E-state index contributed by atoms with van der Waals surface area (Å²) in [5.74, 6) is -0.427. The number of alkyl carbamates (subject to hydrolysis) is 1. The minimum Gasteiger partial charge on any atom is -0.469 e. The van der Waals surface area contributed by atoms with Gasteiger partial charge in [-0.05, 0) is 80.0 Å². The van der Waals surface area contributed by atoms with Crippen molar-refractivity contribution in [2.75, 3.05) is 7.11 Å². The number of fused-ring (bicyclic) bond motifs is 4. The minimum absolute atomic E-state index is 0.152. The van der Waals surface area contributed by atoms with Crippen LogP contribution in [-0.2, 0) is 36.7 Å². The van der Waals surface area contributed by atoms with Gasteiger partial charge in [0.05, 0.1) is 19.2 Å². The molecule has 1 aromatic heterocycles. The number of aryl methyl sites for hydroxylation is 1. The van der Waals surface area contributed by atoms with E-state index in [1.165, 1.54) is 20.0 Å². The minimum atomic E-state index is -1.37.